The van der Waals surface area contributed by atoms with Crippen LogP contribution in [-0.4, -0.2) is 110 Å². The molecule has 1 saturated heterocycles. The molecule has 1 heterocycles. The molecule has 1 fully saturated rings. The second kappa shape index (κ2) is 28.0. The van der Waals surface area contributed by atoms with Gasteiger partial charge in [-0.1, -0.05) is 105 Å². The Labute approximate surface area is 272 Å². The van der Waals surface area contributed by atoms with Gasteiger partial charge in [-0.3, -0.25) is 24.3 Å². The van der Waals surface area contributed by atoms with Gasteiger partial charge in [-0.2, -0.15) is 0 Å². The number of carbonyl (C=O) groups excluding carboxylic acids is 2. The summed E-state index contributed by atoms with van der Waals surface area (Å²) in [6.45, 7) is 16.7. The Bertz CT molecular complexity index is 645. The fourth-order valence-electron chi connectivity index (χ4n) is 6.20. The van der Waals surface area contributed by atoms with Crippen LogP contribution in [0.4, 0.5) is 0 Å². The average Bonchev–Trinajstić information content (AvgIpc) is 3.02. The van der Waals surface area contributed by atoms with E-state index in [2.05, 4.69) is 42.8 Å². The maximum absolute atomic E-state index is 13.2. The summed E-state index contributed by atoms with van der Waals surface area (Å²) in [6.07, 6.45) is 19.3. The quantitative estimate of drug-likeness (QED) is 0.0767. The van der Waals surface area contributed by atoms with Crippen LogP contribution in [0.15, 0.2) is 0 Å². The summed E-state index contributed by atoms with van der Waals surface area (Å²) in [4.78, 5) is 32.9. The molecule has 0 aromatic rings. The zero-order valence-corrected chi connectivity index (χ0v) is 29.5. The number of nitrogens with one attached hydrogen (secondary N) is 1. The number of rotatable bonds is 29. The number of ether oxygens (including phenoxy) is 1. The molecule has 8 heteroatoms. The van der Waals surface area contributed by atoms with Crippen molar-refractivity contribution in [2.24, 2.45) is 11.8 Å². The molecule has 0 saturated carbocycles. The van der Waals surface area contributed by atoms with Crippen LogP contribution < -0.4 is 5.32 Å². The Morgan fingerprint density at radius 2 is 1.23 bits per heavy atom. The van der Waals surface area contributed by atoms with Crippen LogP contribution in [-0.2, 0) is 14.3 Å². The van der Waals surface area contributed by atoms with Crippen LogP contribution in [0.5, 0.6) is 0 Å². The van der Waals surface area contributed by atoms with Crippen molar-refractivity contribution in [2.45, 2.75) is 130 Å². The average molecular weight is 625 g/mol. The van der Waals surface area contributed by atoms with Crippen molar-refractivity contribution in [3.63, 3.8) is 0 Å². The number of carbonyl (C=O) groups is 2. The van der Waals surface area contributed by atoms with Gasteiger partial charge in [0.25, 0.3) is 0 Å². The summed E-state index contributed by atoms with van der Waals surface area (Å²) in [7, 11) is 0. The summed E-state index contributed by atoms with van der Waals surface area (Å²) >= 11 is 0. The van der Waals surface area contributed by atoms with Crippen molar-refractivity contribution in [2.75, 3.05) is 78.7 Å². The van der Waals surface area contributed by atoms with Gasteiger partial charge < -0.3 is 15.2 Å². The van der Waals surface area contributed by atoms with Gasteiger partial charge in [0, 0.05) is 52.4 Å². The number of hydrogen-bond donors (Lipinski definition) is 2. The number of hydrogen-bond acceptors (Lipinski definition) is 7. The van der Waals surface area contributed by atoms with Crippen molar-refractivity contribution in [3.05, 3.63) is 0 Å². The first-order chi connectivity index (χ1) is 21.4. The third-order valence-corrected chi connectivity index (χ3v) is 9.27. The molecule has 2 atom stereocenters. The van der Waals surface area contributed by atoms with E-state index in [4.69, 9.17) is 4.74 Å². The van der Waals surface area contributed by atoms with E-state index in [0.717, 1.165) is 65.1 Å². The predicted molar refractivity (Wildman–Crippen MR) is 184 cm³/mol. The van der Waals surface area contributed by atoms with E-state index in [1.54, 1.807) is 0 Å². The summed E-state index contributed by atoms with van der Waals surface area (Å²) in [5, 5.41) is 12.5. The molecule has 2 unspecified atom stereocenters. The minimum absolute atomic E-state index is 0.0115. The lowest BCUT2D eigenvalue weighted by Crippen LogP contribution is -2.50. The second-order valence-electron chi connectivity index (χ2n) is 13.3. The van der Waals surface area contributed by atoms with Crippen molar-refractivity contribution in [3.8, 4) is 0 Å². The molecule has 1 aliphatic rings. The molecule has 8 nitrogen and oxygen atoms in total. The number of nitrogens with zero attached hydrogens (tertiary/aromatic N) is 3. The number of unbranched alkanes of at least 4 members (excludes halogenated alkanes) is 8. The van der Waals surface area contributed by atoms with Crippen molar-refractivity contribution < 1.29 is 19.4 Å². The molecular weight excluding hydrogens is 552 g/mol. The molecule has 0 aromatic carbocycles. The minimum Gasteiger partial charge on any atom is -0.464 e. The van der Waals surface area contributed by atoms with E-state index in [0.29, 0.717) is 25.0 Å². The van der Waals surface area contributed by atoms with Gasteiger partial charge in [0.15, 0.2) is 0 Å². The van der Waals surface area contributed by atoms with E-state index in [1.165, 1.54) is 83.5 Å². The van der Waals surface area contributed by atoms with Crippen LogP contribution >= 0.6 is 0 Å². The number of amides is 1. The van der Waals surface area contributed by atoms with Gasteiger partial charge in [0.05, 0.1) is 26.3 Å². The van der Waals surface area contributed by atoms with Gasteiger partial charge in [-0.05, 0) is 37.5 Å². The summed E-state index contributed by atoms with van der Waals surface area (Å²) < 4.78 is 5.85. The summed E-state index contributed by atoms with van der Waals surface area (Å²) in [5.74, 6) is 0.761. The Hall–Kier alpha value is -1.22. The van der Waals surface area contributed by atoms with Crippen molar-refractivity contribution in [1.82, 2.24) is 20.0 Å². The zero-order chi connectivity index (χ0) is 32.3. The van der Waals surface area contributed by atoms with Crippen LogP contribution in [0.25, 0.3) is 0 Å². The first kappa shape index (κ1) is 40.8. The number of aliphatic hydroxyl groups excluding tert-OH is 1. The fraction of sp³-hybridized carbons (Fsp3) is 0.944. The maximum atomic E-state index is 13.2. The molecule has 1 amide bonds. The van der Waals surface area contributed by atoms with Gasteiger partial charge in [0.1, 0.15) is 0 Å². The Kier molecular flexibility index (Phi) is 26.0. The highest BCUT2D eigenvalue weighted by molar-refractivity contribution is 5.79. The normalized spacial score (nSPS) is 15.9. The van der Waals surface area contributed by atoms with E-state index in [-0.39, 0.29) is 31.6 Å². The van der Waals surface area contributed by atoms with Crippen molar-refractivity contribution in [1.29, 1.82) is 0 Å². The lowest BCUT2D eigenvalue weighted by atomic mass is 9.95. The van der Waals surface area contributed by atoms with Crippen LogP contribution in [0.1, 0.15) is 130 Å². The van der Waals surface area contributed by atoms with Gasteiger partial charge in [0.2, 0.25) is 5.91 Å². The Morgan fingerprint density at radius 3 is 1.80 bits per heavy atom. The molecule has 1 aliphatic heterocycles. The first-order valence-electron chi connectivity index (χ1n) is 18.7. The van der Waals surface area contributed by atoms with E-state index < -0.39 is 0 Å². The third-order valence-electron chi connectivity index (χ3n) is 9.27. The van der Waals surface area contributed by atoms with Crippen molar-refractivity contribution >= 4 is 11.9 Å². The summed E-state index contributed by atoms with van der Waals surface area (Å²) in [5.41, 5.74) is 0. The number of aliphatic hydroxyl groups is 1. The SMILES string of the molecule is CCCCCCC(CCCC)CNC(=O)CN(CCN1CCN(CCO)CC1)CC(=O)OCC(CCCC)CCCCCC. The smallest absolute Gasteiger partial charge is 0.320 e. The predicted octanol–water partition coefficient (Wildman–Crippen LogP) is 6.11. The summed E-state index contributed by atoms with van der Waals surface area (Å²) in [6, 6.07) is 0. The maximum Gasteiger partial charge on any atom is 0.320 e. The lowest BCUT2D eigenvalue weighted by Gasteiger charge is -2.35. The standard InChI is InChI=1S/C36H72N4O4/c1-5-9-13-15-19-33(17-11-7-3)29-37-35(42)30-40(26-25-38-21-23-39(24-22-38)27-28-41)31-36(43)44-32-34(18-12-8-4)20-16-14-10-6-2/h33-34,41H,5-32H2,1-4H3,(H,37,42). The second-order valence-corrected chi connectivity index (χ2v) is 13.3. The monoisotopic (exact) mass is 625 g/mol. The van der Waals surface area contributed by atoms with E-state index >= 15 is 0 Å². The molecule has 44 heavy (non-hydrogen) atoms. The molecule has 260 valence electrons. The third kappa shape index (κ3) is 21.5. The topological polar surface area (TPSA) is 85.4 Å². The van der Waals surface area contributed by atoms with Crippen LogP contribution in [0.2, 0.25) is 0 Å². The molecule has 0 aliphatic carbocycles. The fourth-order valence-corrected chi connectivity index (χ4v) is 6.20. The highest BCUT2D eigenvalue weighted by Gasteiger charge is 2.21. The largest absolute Gasteiger partial charge is 0.464 e. The van der Waals surface area contributed by atoms with E-state index in [9.17, 15) is 14.7 Å². The molecule has 0 radical (unpaired) electrons. The minimum atomic E-state index is -0.211. The van der Waals surface area contributed by atoms with Gasteiger partial charge in [-0.25, -0.2) is 0 Å². The molecule has 0 aromatic heterocycles. The lowest BCUT2D eigenvalue weighted by molar-refractivity contribution is -0.146. The highest BCUT2D eigenvalue weighted by atomic mass is 16.5. The molecule has 0 spiro atoms. The molecule has 1 rings (SSSR count). The molecule has 2 N–H and O–H groups in total. The zero-order valence-electron chi connectivity index (χ0n) is 29.5. The number of piperazine rings is 1. The van der Waals surface area contributed by atoms with Crippen LogP contribution in [0, 0.1) is 11.8 Å². The highest BCUT2D eigenvalue weighted by Crippen LogP contribution is 2.19. The molecule has 0 bridgehead atoms. The Balaban J connectivity index is 2.69. The molecular formula is C36H72N4O4. The van der Waals surface area contributed by atoms with E-state index in [1.807, 2.05) is 4.90 Å². The number of β-amino-alcohol motifs (C(OH)–C–C–N with tert-alkyl or cyclic N) is 1. The first-order valence-corrected chi connectivity index (χ1v) is 18.7. The van der Waals surface area contributed by atoms with Gasteiger partial charge in [-0.15, -0.1) is 0 Å². The Morgan fingerprint density at radius 1 is 0.705 bits per heavy atom. The number of esters is 1. The van der Waals surface area contributed by atoms with Gasteiger partial charge >= 0.3 is 5.97 Å². The van der Waals surface area contributed by atoms with Crippen LogP contribution in [0.3, 0.4) is 0 Å².